The monoisotopic (exact) mass is 1330 g/mol. The first kappa shape index (κ1) is 69.8. The van der Waals surface area contributed by atoms with Gasteiger partial charge in [-0.15, -0.1) is 0 Å². The Morgan fingerprint density at radius 2 is 0.833 bits per heavy atom. The van der Waals surface area contributed by atoms with Gasteiger partial charge in [0.25, 0.3) is 5.56 Å². The molecule has 1 heterocycles. The largest absolute Gasteiger partial charge is 0.497 e. The second-order valence-electron chi connectivity index (χ2n) is 28.4. The van der Waals surface area contributed by atoms with Crippen molar-refractivity contribution < 1.29 is 9.47 Å². The molecule has 0 saturated carbocycles. The molecule has 13 aromatic carbocycles. The molecule has 0 aliphatic heterocycles. The molecule has 102 heavy (non-hydrogen) atoms. The third-order valence-electron chi connectivity index (χ3n) is 18.8. The zero-order valence-electron chi connectivity index (χ0n) is 61.3. The van der Waals surface area contributed by atoms with E-state index in [2.05, 4.69) is 297 Å². The van der Waals surface area contributed by atoms with Gasteiger partial charge in [-0.3, -0.25) is 4.79 Å². The first-order chi connectivity index (χ1) is 49.0. The van der Waals surface area contributed by atoms with Gasteiger partial charge in [0.1, 0.15) is 11.5 Å². The second-order valence-corrected chi connectivity index (χ2v) is 28.4. The fraction of sp³-hybridized carbons (Fsp3) is 0.189. The van der Waals surface area contributed by atoms with Crippen molar-refractivity contribution in [2.45, 2.75) is 65.8 Å². The summed E-state index contributed by atoms with van der Waals surface area (Å²) in [6, 6.07) is 77.6. The molecule has 14 aromatic rings. The molecule has 1 aromatic heterocycles. The van der Waals surface area contributed by atoms with Crippen molar-refractivity contribution in [1.82, 2.24) is 4.57 Å². The number of aryl methyl sites for hydroxylation is 1. The molecule has 0 bridgehead atoms. The Labute approximate surface area is 601 Å². The normalized spacial score (nSPS) is 11.1. The van der Waals surface area contributed by atoms with E-state index in [4.69, 9.17) is 9.47 Å². The molecule has 0 unspecified atom stereocenters. The van der Waals surface area contributed by atoms with Crippen LogP contribution in [0.3, 0.4) is 0 Å². The molecule has 0 aliphatic rings. The van der Waals surface area contributed by atoms with Crippen LogP contribution in [0.5, 0.6) is 11.5 Å². The van der Waals surface area contributed by atoms with Gasteiger partial charge in [-0.05, 0) is 219 Å². The second kappa shape index (κ2) is 29.4. The van der Waals surface area contributed by atoms with Crippen LogP contribution >= 0.6 is 0 Å². The fourth-order valence-electron chi connectivity index (χ4n) is 13.4. The van der Waals surface area contributed by atoms with E-state index in [9.17, 15) is 4.79 Å². The summed E-state index contributed by atoms with van der Waals surface area (Å²) in [5.41, 5.74) is 13.8. The van der Waals surface area contributed by atoms with E-state index in [0.29, 0.717) is 0 Å². The Kier molecular flexibility index (Phi) is 20.1. The minimum Gasteiger partial charge on any atom is -0.497 e. The Morgan fingerprint density at radius 1 is 0.392 bits per heavy atom. The van der Waals surface area contributed by atoms with Crippen LogP contribution in [0.25, 0.3) is 82.0 Å². The van der Waals surface area contributed by atoms with Gasteiger partial charge in [0.15, 0.2) is 0 Å². The van der Waals surface area contributed by atoms with E-state index < -0.39 is 0 Å². The molecule has 0 N–H and O–H groups in total. The van der Waals surface area contributed by atoms with Crippen molar-refractivity contribution in [3.8, 4) is 58.9 Å². The summed E-state index contributed by atoms with van der Waals surface area (Å²) in [5.74, 6) is 29.7. The lowest BCUT2D eigenvalue weighted by molar-refractivity contribution is 0.379. The topological polar surface area (TPSA) is 50.2 Å². The van der Waals surface area contributed by atoms with E-state index in [0.717, 1.165) is 149 Å². The Bertz CT molecular complexity index is 5920. The highest BCUT2D eigenvalue weighted by Gasteiger charge is 2.23. The van der Waals surface area contributed by atoms with E-state index in [1.807, 2.05) is 87.3 Å². The fourth-order valence-corrected chi connectivity index (χ4v) is 13.4. The van der Waals surface area contributed by atoms with Crippen molar-refractivity contribution in [1.29, 1.82) is 0 Å². The SMILES string of the molecule is C=c1c2ccc(N(C)C)c3cccc(c(=O)n1C(C)(C)C)c32.CCc1ccc2c(C#Cc3cccc4cc(OC)ccc34)c3ccccc3c(C#Cc3cccc4cc(OC)ccc34)c2c1.CN(C)c1ccc(C#Cc2cc(C(C)(C)C)c(C#Cc3ccc(N(C)C)cc3)c3ccccc23)cc1. The van der Waals surface area contributed by atoms with E-state index >= 15 is 0 Å². The number of ether oxygens (including phenoxy) is 2. The summed E-state index contributed by atoms with van der Waals surface area (Å²) in [6.45, 7) is 19.2. The summed E-state index contributed by atoms with van der Waals surface area (Å²) < 4.78 is 12.7. The first-order valence-electron chi connectivity index (χ1n) is 34.6. The van der Waals surface area contributed by atoms with Gasteiger partial charge in [-0.1, -0.05) is 185 Å². The first-order valence-corrected chi connectivity index (χ1v) is 34.6. The summed E-state index contributed by atoms with van der Waals surface area (Å²) >= 11 is 0. The lowest BCUT2D eigenvalue weighted by atomic mass is 9.80. The summed E-state index contributed by atoms with van der Waals surface area (Å²) in [5, 5.41) is 15.9. The van der Waals surface area contributed by atoms with Crippen molar-refractivity contribution in [2.75, 3.05) is 71.2 Å². The number of benzene rings is 13. The van der Waals surface area contributed by atoms with Crippen LogP contribution in [-0.4, -0.2) is 61.1 Å². The molecule has 0 saturated heterocycles. The van der Waals surface area contributed by atoms with Crippen LogP contribution in [0.15, 0.2) is 229 Å². The average molecular weight is 1330 g/mol. The van der Waals surface area contributed by atoms with Crippen LogP contribution in [-0.2, 0) is 17.4 Å². The highest BCUT2D eigenvalue weighted by molar-refractivity contribution is 6.14. The molecule has 7 nitrogen and oxygen atoms in total. The third-order valence-corrected chi connectivity index (χ3v) is 18.8. The number of hydrogen-bond donors (Lipinski definition) is 0. The van der Waals surface area contributed by atoms with Gasteiger partial charge in [0.05, 0.1) is 14.2 Å². The maximum atomic E-state index is 13.0. The van der Waals surface area contributed by atoms with Gasteiger partial charge in [-0.2, -0.15) is 0 Å². The number of anilines is 3. The molecule has 7 heteroatoms. The quantitative estimate of drug-likeness (QED) is 0.122. The predicted octanol–water partition coefficient (Wildman–Crippen LogP) is 19.9. The Morgan fingerprint density at radius 3 is 1.33 bits per heavy atom. The van der Waals surface area contributed by atoms with E-state index in [1.54, 1.807) is 18.8 Å². The van der Waals surface area contributed by atoms with Crippen LogP contribution < -0.4 is 35.1 Å². The van der Waals surface area contributed by atoms with Crippen LogP contribution in [0.1, 0.15) is 104 Å². The molecule has 0 spiro atoms. The standard InChI is InChI=1S/C42H30O2.C34H34N2.C19H22N2O/c1-4-28-15-20-40-39(21-16-29-9-7-11-31-26-33(43-2)18-23-35(29)31)37-13-5-6-14-38(37)41(42(40)25-28)22-17-30-10-8-12-32-27-34(44-3)19-24-36(30)32;1-34(2,3)33-24-27(18-12-25-13-19-28(20-14-25)35(4)5)30-10-8-9-11-31(30)32(33)23-17-26-15-21-29(22-16-26)36(6)7;1-12-13-10-11-16(20(5)6)14-8-7-9-15(17(13)14)18(22)21(12)19(2,3)4/h5-15,18-20,23-27H,4H2,1-3H3;8-11,13-16,19-22,24H,1-7H3;7-11H,1H2,2-6H3. The smallest absolute Gasteiger partial charge is 0.259 e. The number of rotatable bonds is 6. The minimum atomic E-state index is -0.297. The lowest BCUT2D eigenvalue weighted by Crippen LogP contribution is -2.43. The van der Waals surface area contributed by atoms with Crippen LogP contribution in [0.2, 0.25) is 0 Å². The molecule has 0 amide bonds. The molecular formula is C95H86N4O3. The number of hydrogen-bond acceptors (Lipinski definition) is 6. The highest BCUT2D eigenvalue weighted by Crippen LogP contribution is 2.37. The summed E-state index contributed by atoms with van der Waals surface area (Å²) in [4.78, 5) is 19.3. The molecular weight excluding hydrogens is 1250 g/mol. The zero-order valence-corrected chi connectivity index (χ0v) is 61.3. The van der Waals surface area contributed by atoms with E-state index in [1.165, 1.54) is 22.5 Å². The maximum Gasteiger partial charge on any atom is 0.259 e. The predicted molar refractivity (Wildman–Crippen MR) is 436 cm³/mol. The zero-order chi connectivity index (χ0) is 72.1. The number of pyridine rings is 1. The van der Waals surface area contributed by atoms with Gasteiger partial charge in [-0.25, -0.2) is 0 Å². The Hall–Kier alpha value is -12.1. The number of methoxy groups -OCH3 is 2. The van der Waals surface area contributed by atoms with Gasteiger partial charge >= 0.3 is 0 Å². The molecule has 0 fully saturated rings. The third kappa shape index (κ3) is 14.5. The van der Waals surface area contributed by atoms with Gasteiger partial charge in [0.2, 0.25) is 0 Å². The number of nitrogens with zero attached hydrogens (tertiary/aromatic N) is 4. The molecule has 0 atom stereocenters. The number of fused-ring (bicyclic) bond motifs is 5. The minimum absolute atomic E-state index is 0.0338. The van der Waals surface area contributed by atoms with Gasteiger partial charge < -0.3 is 28.7 Å². The van der Waals surface area contributed by atoms with E-state index in [-0.39, 0.29) is 16.5 Å². The van der Waals surface area contributed by atoms with Crippen LogP contribution in [0.4, 0.5) is 17.1 Å². The number of aromatic nitrogens is 1. The Balaban J connectivity index is 0.000000152. The summed E-state index contributed by atoms with van der Waals surface area (Å²) in [6.07, 6.45) is 0.946. The maximum absolute atomic E-state index is 13.0. The van der Waals surface area contributed by atoms with Crippen molar-refractivity contribution >= 4 is 99.0 Å². The van der Waals surface area contributed by atoms with Gasteiger partial charge in [0, 0.05) is 136 Å². The van der Waals surface area contributed by atoms with Crippen LogP contribution in [0, 0.1) is 47.4 Å². The van der Waals surface area contributed by atoms with Crippen molar-refractivity contribution in [2.24, 2.45) is 0 Å². The van der Waals surface area contributed by atoms with Crippen molar-refractivity contribution in [3.05, 3.63) is 296 Å². The molecule has 0 radical (unpaired) electrons. The molecule has 0 aliphatic carbocycles. The molecule has 504 valence electrons. The average Bonchev–Trinajstić information content (AvgIpc) is 0.738. The molecule has 14 rings (SSSR count). The highest BCUT2D eigenvalue weighted by atomic mass is 16.5. The van der Waals surface area contributed by atoms with Crippen molar-refractivity contribution in [3.63, 3.8) is 0 Å². The summed E-state index contributed by atoms with van der Waals surface area (Å²) in [7, 11) is 15.6. The lowest BCUT2D eigenvalue weighted by Gasteiger charge is -2.25.